The first-order chi connectivity index (χ1) is 8.15. The molecule has 1 unspecified atom stereocenters. The van der Waals surface area contributed by atoms with E-state index in [0.717, 1.165) is 5.33 Å². The van der Waals surface area contributed by atoms with Gasteiger partial charge in [-0.15, -0.1) is 0 Å². The second-order valence-corrected chi connectivity index (χ2v) is 4.32. The zero-order valence-corrected chi connectivity index (χ0v) is 11.0. The molecule has 90 valence electrons. The molecule has 0 heterocycles. The monoisotopic (exact) mass is 296 g/mol. The van der Waals surface area contributed by atoms with Crippen molar-refractivity contribution >= 4 is 27.7 Å². The molecule has 4 nitrogen and oxygen atoms in total. The molecule has 0 fully saturated rings. The highest BCUT2D eigenvalue weighted by atomic mass is 79.9. The Morgan fingerprint density at radius 2 is 2.41 bits per heavy atom. The van der Waals surface area contributed by atoms with Crippen LogP contribution >= 0.6 is 15.9 Å². The number of halogens is 1. The Morgan fingerprint density at radius 3 is 3.06 bits per heavy atom. The summed E-state index contributed by atoms with van der Waals surface area (Å²) in [6, 6.07) is 8.67. The summed E-state index contributed by atoms with van der Waals surface area (Å²) in [4.78, 5) is 11.4. The van der Waals surface area contributed by atoms with E-state index in [-0.39, 0.29) is 5.92 Å². The van der Waals surface area contributed by atoms with Crippen molar-refractivity contribution in [3.05, 3.63) is 29.8 Å². The Kier molecular flexibility index (Phi) is 5.50. The Balaban J connectivity index is 2.48. The van der Waals surface area contributed by atoms with Crippen molar-refractivity contribution in [3.8, 4) is 6.07 Å². The lowest BCUT2D eigenvalue weighted by molar-refractivity contribution is 0.148. The molecule has 1 aromatic carbocycles. The second kappa shape index (κ2) is 6.92. The van der Waals surface area contributed by atoms with Crippen molar-refractivity contribution in [2.45, 2.75) is 6.92 Å². The molecule has 0 aliphatic heterocycles. The van der Waals surface area contributed by atoms with Gasteiger partial charge in [-0.25, -0.2) is 4.79 Å². The van der Waals surface area contributed by atoms with E-state index in [1.165, 1.54) is 0 Å². The third-order valence-electron chi connectivity index (χ3n) is 2.00. The van der Waals surface area contributed by atoms with Gasteiger partial charge in [0, 0.05) is 16.9 Å². The predicted molar refractivity (Wildman–Crippen MR) is 69.1 cm³/mol. The Labute approximate surface area is 109 Å². The maximum atomic E-state index is 11.4. The number of carbonyl (C=O) groups is 1. The van der Waals surface area contributed by atoms with Crippen molar-refractivity contribution in [1.29, 1.82) is 5.26 Å². The first-order valence-electron chi connectivity index (χ1n) is 5.15. The lowest BCUT2D eigenvalue weighted by atomic mass is 10.2. The number of hydrogen-bond donors (Lipinski definition) is 1. The van der Waals surface area contributed by atoms with Crippen LogP contribution in [0.15, 0.2) is 24.3 Å². The van der Waals surface area contributed by atoms with Gasteiger partial charge in [-0.3, -0.25) is 5.32 Å². The van der Waals surface area contributed by atoms with Crippen molar-refractivity contribution < 1.29 is 9.53 Å². The summed E-state index contributed by atoms with van der Waals surface area (Å²) in [5.41, 5.74) is 1.05. The minimum Gasteiger partial charge on any atom is -0.449 e. The standard InChI is InChI=1S/C12H13BrN2O2/c1-9(6-13)8-17-12(16)15-11-4-2-3-10(5-11)7-14/h2-5,9H,6,8H2,1H3,(H,15,16). The number of carbonyl (C=O) groups excluding carboxylic acids is 1. The van der Waals surface area contributed by atoms with Gasteiger partial charge in [0.2, 0.25) is 0 Å². The Hall–Kier alpha value is -1.54. The van der Waals surface area contributed by atoms with Crippen LogP contribution in [0.4, 0.5) is 10.5 Å². The smallest absolute Gasteiger partial charge is 0.411 e. The van der Waals surface area contributed by atoms with E-state index < -0.39 is 6.09 Å². The molecule has 0 aromatic heterocycles. The van der Waals surface area contributed by atoms with Crippen LogP contribution in [-0.4, -0.2) is 18.0 Å². The number of nitriles is 1. The van der Waals surface area contributed by atoms with Crippen molar-refractivity contribution in [2.24, 2.45) is 5.92 Å². The number of nitrogens with one attached hydrogen (secondary N) is 1. The highest BCUT2D eigenvalue weighted by Gasteiger charge is 2.06. The molecule has 0 bridgehead atoms. The highest BCUT2D eigenvalue weighted by Crippen LogP contribution is 2.10. The maximum absolute atomic E-state index is 11.4. The molecule has 0 spiro atoms. The molecular weight excluding hydrogens is 284 g/mol. The summed E-state index contributed by atoms with van der Waals surface area (Å²) in [5, 5.41) is 12.1. The predicted octanol–water partition coefficient (Wildman–Crippen LogP) is 3.14. The molecule has 1 rings (SSSR count). The summed E-state index contributed by atoms with van der Waals surface area (Å²) >= 11 is 3.30. The number of hydrogen-bond acceptors (Lipinski definition) is 3. The van der Waals surface area contributed by atoms with Gasteiger partial charge in [-0.1, -0.05) is 28.9 Å². The number of amides is 1. The second-order valence-electron chi connectivity index (χ2n) is 3.68. The lowest BCUT2D eigenvalue weighted by Gasteiger charge is -2.10. The van der Waals surface area contributed by atoms with Crippen LogP contribution in [0.2, 0.25) is 0 Å². The minimum atomic E-state index is -0.507. The molecule has 0 aliphatic carbocycles. The number of alkyl halides is 1. The molecule has 1 atom stereocenters. The molecule has 17 heavy (non-hydrogen) atoms. The van der Waals surface area contributed by atoms with Crippen LogP contribution in [0.3, 0.4) is 0 Å². The van der Waals surface area contributed by atoms with Gasteiger partial charge in [0.25, 0.3) is 0 Å². The zero-order chi connectivity index (χ0) is 12.7. The molecule has 1 N–H and O–H groups in total. The fourth-order valence-electron chi connectivity index (χ4n) is 1.08. The fourth-order valence-corrected chi connectivity index (χ4v) is 1.27. The third-order valence-corrected chi connectivity index (χ3v) is 3.11. The summed E-state index contributed by atoms with van der Waals surface area (Å²) in [5.74, 6) is 0.270. The van der Waals surface area contributed by atoms with E-state index in [1.807, 2.05) is 13.0 Å². The van der Waals surface area contributed by atoms with Crippen LogP contribution in [-0.2, 0) is 4.74 Å². The van der Waals surface area contributed by atoms with Crippen molar-refractivity contribution in [2.75, 3.05) is 17.3 Å². The molecular formula is C12H13BrN2O2. The van der Waals surface area contributed by atoms with E-state index in [1.54, 1.807) is 24.3 Å². The van der Waals surface area contributed by atoms with Gasteiger partial charge in [0.05, 0.1) is 18.2 Å². The average molecular weight is 297 g/mol. The molecule has 0 aliphatic rings. The van der Waals surface area contributed by atoms with Crippen LogP contribution in [0.5, 0.6) is 0 Å². The van der Waals surface area contributed by atoms with Gasteiger partial charge in [-0.2, -0.15) is 5.26 Å². The van der Waals surface area contributed by atoms with Crippen molar-refractivity contribution in [1.82, 2.24) is 0 Å². The van der Waals surface area contributed by atoms with E-state index in [4.69, 9.17) is 10.00 Å². The number of nitrogens with zero attached hydrogens (tertiary/aromatic N) is 1. The quantitative estimate of drug-likeness (QED) is 0.868. The first-order valence-corrected chi connectivity index (χ1v) is 6.27. The Morgan fingerprint density at radius 1 is 1.65 bits per heavy atom. The summed E-state index contributed by atoms with van der Waals surface area (Å²) in [6.07, 6.45) is -0.507. The van der Waals surface area contributed by atoms with Crippen molar-refractivity contribution in [3.63, 3.8) is 0 Å². The summed E-state index contributed by atoms with van der Waals surface area (Å²) < 4.78 is 5.01. The molecule has 0 saturated carbocycles. The molecule has 0 saturated heterocycles. The molecule has 1 amide bonds. The van der Waals surface area contributed by atoms with Gasteiger partial charge in [0.1, 0.15) is 0 Å². The van der Waals surface area contributed by atoms with Crippen LogP contribution in [0, 0.1) is 17.2 Å². The first kappa shape index (κ1) is 13.5. The number of anilines is 1. The topological polar surface area (TPSA) is 62.1 Å². The van der Waals surface area contributed by atoms with Gasteiger partial charge >= 0.3 is 6.09 Å². The Bertz CT molecular complexity index is 429. The van der Waals surface area contributed by atoms with Gasteiger partial charge < -0.3 is 4.74 Å². The van der Waals surface area contributed by atoms with Crippen LogP contribution in [0.1, 0.15) is 12.5 Å². The van der Waals surface area contributed by atoms with Crippen LogP contribution < -0.4 is 5.32 Å². The maximum Gasteiger partial charge on any atom is 0.411 e. The normalized spacial score (nSPS) is 11.4. The van der Waals surface area contributed by atoms with E-state index in [9.17, 15) is 4.79 Å². The highest BCUT2D eigenvalue weighted by molar-refractivity contribution is 9.09. The van der Waals surface area contributed by atoms with E-state index in [0.29, 0.717) is 17.9 Å². The fraction of sp³-hybridized carbons (Fsp3) is 0.333. The lowest BCUT2D eigenvalue weighted by Crippen LogP contribution is -2.18. The summed E-state index contributed by atoms with van der Waals surface area (Å²) in [7, 11) is 0. The van der Waals surface area contributed by atoms with E-state index >= 15 is 0 Å². The third kappa shape index (κ3) is 4.87. The minimum absolute atomic E-state index is 0.270. The average Bonchev–Trinajstić information content (AvgIpc) is 2.36. The largest absolute Gasteiger partial charge is 0.449 e. The SMILES string of the molecule is CC(CBr)COC(=O)Nc1cccc(C#N)c1. The number of rotatable bonds is 4. The van der Waals surface area contributed by atoms with E-state index in [2.05, 4.69) is 21.2 Å². The number of benzene rings is 1. The number of ether oxygens (including phenoxy) is 1. The molecule has 1 aromatic rings. The van der Waals surface area contributed by atoms with Gasteiger partial charge in [0.15, 0.2) is 0 Å². The van der Waals surface area contributed by atoms with Crippen LogP contribution in [0.25, 0.3) is 0 Å². The molecule has 0 radical (unpaired) electrons. The molecule has 5 heteroatoms. The zero-order valence-electron chi connectivity index (χ0n) is 9.44. The van der Waals surface area contributed by atoms with Gasteiger partial charge in [-0.05, 0) is 18.2 Å². The summed E-state index contributed by atoms with van der Waals surface area (Å²) in [6.45, 7) is 2.33.